The number of nitrogens with zero attached hydrogens (tertiary/aromatic N) is 2. The van der Waals surface area contributed by atoms with E-state index in [9.17, 15) is 4.79 Å². The highest BCUT2D eigenvalue weighted by molar-refractivity contribution is 5.94. The van der Waals surface area contributed by atoms with E-state index in [-0.39, 0.29) is 5.91 Å². The third-order valence-corrected chi connectivity index (χ3v) is 4.54. The molecule has 0 unspecified atom stereocenters. The molecule has 0 radical (unpaired) electrons. The first-order valence-corrected chi connectivity index (χ1v) is 8.87. The van der Waals surface area contributed by atoms with Crippen LogP contribution in [0.5, 0.6) is 0 Å². The average Bonchev–Trinajstić information content (AvgIpc) is 2.97. The van der Waals surface area contributed by atoms with Gasteiger partial charge in [0.1, 0.15) is 0 Å². The Morgan fingerprint density at radius 2 is 2.12 bits per heavy atom. The Hall–Kier alpha value is -2.43. The summed E-state index contributed by atoms with van der Waals surface area (Å²) in [6.45, 7) is 6.80. The second-order valence-corrected chi connectivity index (χ2v) is 8.01. The zero-order valence-electron chi connectivity index (χ0n) is 15.2. The van der Waals surface area contributed by atoms with Gasteiger partial charge in [-0.05, 0) is 42.6 Å². The van der Waals surface area contributed by atoms with Crippen molar-refractivity contribution in [2.45, 2.75) is 46.5 Å². The van der Waals surface area contributed by atoms with Gasteiger partial charge in [-0.2, -0.15) is 10.2 Å². The van der Waals surface area contributed by atoms with Crippen LogP contribution in [0.4, 0.5) is 0 Å². The third-order valence-electron chi connectivity index (χ3n) is 4.54. The van der Waals surface area contributed by atoms with Crippen LogP contribution < -0.4 is 5.43 Å². The van der Waals surface area contributed by atoms with Crippen LogP contribution in [0.3, 0.4) is 0 Å². The SMILES string of the molecule is CC(C)(C)C[C@@H]1CCc2[nH]nc(C(=O)N/N=C\c3ccccc3)c2C1. The second kappa shape index (κ2) is 7.21. The number of hydrogen-bond donors (Lipinski definition) is 2. The van der Waals surface area contributed by atoms with E-state index in [1.54, 1.807) is 6.21 Å². The van der Waals surface area contributed by atoms with Crippen LogP contribution in [-0.2, 0) is 12.8 Å². The molecule has 1 amide bonds. The maximum Gasteiger partial charge on any atom is 0.292 e. The van der Waals surface area contributed by atoms with E-state index < -0.39 is 0 Å². The summed E-state index contributed by atoms with van der Waals surface area (Å²) >= 11 is 0. The van der Waals surface area contributed by atoms with Gasteiger partial charge in [0.25, 0.3) is 5.91 Å². The summed E-state index contributed by atoms with van der Waals surface area (Å²) < 4.78 is 0. The number of nitrogens with one attached hydrogen (secondary N) is 2. The zero-order chi connectivity index (χ0) is 17.9. The van der Waals surface area contributed by atoms with Crippen LogP contribution >= 0.6 is 0 Å². The average molecular weight is 338 g/mol. The number of hydrogen-bond acceptors (Lipinski definition) is 3. The van der Waals surface area contributed by atoms with E-state index >= 15 is 0 Å². The topological polar surface area (TPSA) is 70.1 Å². The van der Waals surface area contributed by atoms with E-state index in [2.05, 4.69) is 41.5 Å². The number of H-pyrrole nitrogens is 1. The van der Waals surface area contributed by atoms with Crippen LogP contribution in [0.25, 0.3) is 0 Å². The first-order valence-electron chi connectivity index (χ1n) is 8.87. The standard InChI is InChI=1S/C20H26N4O/c1-20(2,3)12-15-9-10-17-16(11-15)18(23-22-17)19(25)24-21-13-14-7-5-4-6-8-14/h4-8,13,15H,9-12H2,1-3H3,(H,22,23)(H,24,25)/b21-13-/t15-/m1/s1. The molecule has 2 N–H and O–H groups in total. The van der Waals surface area contributed by atoms with Crippen molar-refractivity contribution in [3.05, 3.63) is 52.8 Å². The summed E-state index contributed by atoms with van der Waals surface area (Å²) in [5.74, 6) is 0.352. The lowest BCUT2D eigenvalue weighted by molar-refractivity contribution is 0.0948. The van der Waals surface area contributed by atoms with Gasteiger partial charge < -0.3 is 0 Å². The van der Waals surface area contributed by atoms with Gasteiger partial charge in [0.2, 0.25) is 0 Å². The van der Waals surface area contributed by atoms with Gasteiger partial charge in [-0.3, -0.25) is 9.89 Å². The quantitative estimate of drug-likeness (QED) is 0.659. The Bertz CT molecular complexity index is 756. The monoisotopic (exact) mass is 338 g/mol. The zero-order valence-corrected chi connectivity index (χ0v) is 15.2. The van der Waals surface area contributed by atoms with Gasteiger partial charge >= 0.3 is 0 Å². The first kappa shape index (κ1) is 17.4. The molecule has 0 saturated heterocycles. The normalized spacial score (nSPS) is 17.5. The van der Waals surface area contributed by atoms with Crippen LogP contribution in [-0.4, -0.2) is 22.3 Å². The second-order valence-electron chi connectivity index (χ2n) is 8.01. The van der Waals surface area contributed by atoms with E-state index in [0.717, 1.165) is 42.5 Å². The highest BCUT2D eigenvalue weighted by atomic mass is 16.2. The fraction of sp³-hybridized carbons (Fsp3) is 0.450. The molecule has 0 saturated carbocycles. The molecule has 5 nitrogen and oxygen atoms in total. The largest absolute Gasteiger partial charge is 0.292 e. The first-order chi connectivity index (χ1) is 11.9. The van der Waals surface area contributed by atoms with Crippen molar-refractivity contribution >= 4 is 12.1 Å². The minimum atomic E-state index is -0.249. The molecule has 0 fully saturated rings. The molecule has 0 spiro atoms. The van der Waals surface area contributed by atoms with E-state index in [1.807, 2.05) is 30.3 Å². The molecule has 25 heavy (non-hydrogen) atoms. The number of hydrazone groups is 1. The molecule has 0 aliphatic heterocycles. The summed E-state index contributed by atoms with van der Waals surface area (Å²) in [5, 5.41) is 11.3. The van der Waals surface area contributed by atoms with Crippen molar-refractivity contribution in [2.24, 2.45) is 16.4 Å². The van der Waals surface area contributed by atoms with Crippen LogP contribution in [0, 0.1) is 11.3 Å². The number of carbonyl (C=O) groups is 1. The molecule has 1 atom stereocenters. The van der Waals surface area contributed by atoms with Gasteiger partial charge in [0.15, 0.2) is 5.69 Å². The molecule has 132 valence electrons. The molecule has 5 heteroatoms. The molecule has 1 aliphatic carbocycles. The number of aromatic nitrogens is 2. The summed E-state index contributed by atoms with van der Waals surface area (Å²) in [6.07, 6.45) is 5.82. The van der Waals surface area contributed by atoms with Crippen molar-refractivity contribution in [3.63, 3.8) is 0 Å². The summed E-state index contributed by atoms with van der Waals surface area (Å²) in [4.78, 5) is 12.5. The molecule has 2 aromatic rings. The lowest BCUT2D eigenvalue weighted by atomic mass is 9.76. The van der Waals surface area contributed by atoms with Crippen LogP contribution in [0.1, 0.15) is 60.9 Å². The van der Waals surface area contributed by atoms with Crippen molar-refractivity contribution in [3.8, 4) is 0 Å². The van der Waals surface area contributed by atoms with Crippen molar-refractivity contribution in [1.82, 2.24) is 15.6 Å². The Balaban J connectivity index is 1.67. The Morgan fingerprint density at radius 1 is 1.36 bits per heavy atom. The Labute approximate surface area is 148 Å². The molecule has 3 rings (SSSR count). The summed E-state index contributed by atoms with van der Waals surface area (Å²) in [5.41, 5.74) is 6.48. The van der Waals surface area contributed by atoms with Gasteiger partial charge in [-0.1, -0.05) is 51.1 Å². The summed E-state index contributed by atoms with van der Waals surface area (Å²) in [6, 6.07) is 9.68. The smallest absolute Gasteiger partial charge is 0.281 e. The fourth-order valence-corrected chi connectivity index (χ4v) is 3.55. The van der Waals surface area contributed by atoms with Crippen molar-refractivity contribution < 1.29 is 4.79 Å². The predicted molar refractivity (Wildman–Crippen MR) is 99.7 cm³/mol. The van der Waals surface area contributed by atoms with Gasteiger partial charge in [-0.15, -0.1) is 0 Å². The molecular formula is C20H26N4O. The Morgan fingerprint density at radius 3 is 2.84 bits per heavy atom. The molecule has 1 aromatic heterocycles. The lowest BCUT2D eigenvalue weighted by Crippen LogP contribution is -2.24. The lowest BCUT2D eigenvalue weighted by Gasteiger charge is -2.28. The van der Waals surface area contributed by atoms with Gasteiger partial charge in [-0.25, -0.2) is 5.43 Å². The fourth-order valence-electron chi connectivity index (χ4n) is 3.55. The van der Waals surface area contributed by atoms with Crippen LogP contribution in [0.2, 0.25) is 0 Å². The molecular weight excluding hydrogens is 312 g/mol. The molecule has 1 aromatic carbocycles. The number of aryl methyl sites for hydroxylation is 1. The molecule has 0 bridgehead atoms. The third kappa shape index (κ3) is 4.56. The van der Waals surface area contributed by atoms with E-state index in [0.29, 0.717) is 17.0 Å². The highest BCUT2D eigenvalue weighted by Gasteiger charge is 2.28. The maximum atomic E-state index is 12.5. The minimum Gasteiger partial charge on any atom is -0.281 e. The van der Waals surface area contributed by atoms with E-state index in [1.165, 1.54) is 0 Å². The number of benzene rings is 1. The highest BCUT2D eigenvalue weighted by Crippen LogP contribution is 2.34. The number of fused-ring (bicyclic) bond motifs is 1. The number of amides is 1. The summed E-state index contributed by atoms with van der Waals surface area (Å²) in [7, 11) is 0. The van der Waals surface area contributed by atoms with Gasteiger partial charge in [0, 0.05) is 11.3 Å². The van der Waals surface area contributed by atoms with Crippen molar-refractivity contribution in [1.29, 1.82) is 0 Å². The number of aromatic amines is 1. The van der Waals surface area contributed by atoms with Crippen molar-refractivity contribution in [2.75, 3.05) is 0 Å². The maximum absolute atomic E-state index is 12.5. The minimum absolute atomic E-state index is 0.249. The van der Waals surface area contributed by atoms with Crippen LogP contribution in [0.15, 0.2) is 35.4 Å². The Kier molecular flexibility index (Phi) is 5.02. The molecule has 1 aliphatic rings. The number of carbonyl (C=O) groups excluding carboxylic acids is 1. The van der Waals surface area contributed by atoms with Gasteiger partial charge in [0.05, 0.1) is 6.21 Å². The predicted octanol–water partition coefficient (Wildman–Crippen LogP) is 3.71. The molecule has 1 heterocycles. The van der Waals surface area contributed by atoms with E-state index in [4.69, 9.17) is 0 Å². The number of rotatable bonds is 4.